The normalized spacial score (nSPS) is 20.0. The lowest BCUT2D eigenvalue weighted by molar-refractivity contribution is -0.141. The van der Waals surface area contributed by atoms with Crippen molar-refractivity contribution in [1.29, 1.82) is 0 Å². The summed E-state index contributed by atoms with van der Waals surface area (Å²) >= 11 is 0. The van der Waals surface area contributed by atoms with E-state index in [0.29, 0.717) is 0 Å². The number of benzene rings is 3. The molecule has 1 saturated heterocycles. The fourth-order valence-corrected chi connectivity index (χ4v) is 4.94. The third-order valence-corrected chi connectivity index (χ3v) is 6.77. The highest BCUT2D eigenvalue weighted by Crippen LogP contribution is 2.57. The summed E-state index contributed by atoms with van der Waals surface area (Å²) in [5, 5.41) is 0. The Balaban J connectivity index is 1.64. The van der Waals surface area contributed by atoms with E-state index >= 15 is 0 Å². The van der Waals surface area contributed by atoms with E-state index in [1.807, 2.05) is 47.4 Å². The monoisotopic (exact) mass is 429 g/mol. The maximum atomic E-state index is 13.7. The van der Waals surface area contributed by atoms with Gasteiger partial charge in [-0.25, -0.2) is 0 Å². The highest BCUT2D eigenvalue weighted by Gasteiger charge is 2.59. The quantitative estimate of drug-likeness (QED) is 0.380. The standard InChI is InChI=1S/C28H31NO3/c1-4-28(20-8-11-21-9-6-5-7-10-21)26(22-12-16-24(31-2)17-13-22)29(27(28)30)23-14-18-25(32-3)19-15-23/h5-7,9-10,12-19,26H,4,8,11,20H2,1-3H3/t26-,28-/m1/s1. The number of aryl methyl sites for hydroxylation is 1. The molecule has 32 heavy (non-hydrogen) atoms. The Hall–Kier alpha value is -3.27. The van der Waals surface area contributed by atoms with E-state index in [2.05, 4.69) is 43.3 Å². The van der Waals surface area contributed by atoms with E-state index in [9.17, 15) is 4.79 Å². The third-order valence-electron chi connectivity index (χ3n) is 6.77. The number of rotatable bonds is 9. The molecule has 3 aromatic carbocycles. The minimum absolute atomic E-state index is 0.00456. The Kier molecular flexibility index (Phi) is 6.50. The van der Waals surface area contributed by atoms with Crippen LogP contribution in [0, 0.1) is 5.41 Å². The predicted octanol–water partition coefficient (Wildman–Crippen LogP) is 6.21. The SMILES string of the molecule is CC[C@]1(CCCc2ccccc2)C(=O)N(c2ccc(OC)cc2)[C@@H]1c1ccc(OC)cc1. The van der Waals surface area contributed by atoms with Crippen molar-refractivity contribution >= 4 is 11.6 Å². The van der Waals surface area contributed by atoms with Crippen LogP contribution in [-0.4, -0.2) is 20.1 Å². The van der Waals surface area contributed by atoms with E-state index in [0.717, 1.165) is 48.4 Å². The molecular weight excluding hydrogens is 398 g/mol. The number of nitrogens with zero attached hydrogens (tertiary/aromatic N) is 1. The molecule has 1 amide bonds. The third kappa shape index (κ3) is 3.97. The van der Waals surface area contributed by atoms with Gasteiger partial charge in [-0.3, -0.25) is 4.79 Å². The summed E-state index contributed by atoms with van der Waals surface area (Å²) in [5.74, 6) is 1.81. The molecule has 1 aliphatic rings. The zero-order valence-corrected chi connectivity index (χ0v) is 19.1. The molecule has 1 fully saturated rings. The van der Waals surface area contributed by atoms with Crippen molar-refractivity contribution in [3.05, 3.63) is 90.0 Å². The second kappa shape index (κ2) is 9.47. The Bertz CT molecular complexity index is 1030. The number of anilines is 1. The lowest BCUT2D eigenvalue weighted by Gasteiger charge is -2.56. The summed E-state index contributed by atoms with van der Waals surface area (Å²) < 4.78 is 10.7. The molecule has 2 atom stereocenters. The fourth-order valence-electron chi connectivity index (χ4n) is 4.94. The molecule has 0 radical (unpaired) electrons. The van der Waals surface area contributed by atoms with Crippen LogP contribution in [0.4, 0.5) is 5.69 Å². The Labute approximate surface area is 190 Å². The number of β-lactam (4-membered cyclic amide) rings is 1. The topological polar surface area (TPSA) is 38.8 Å². The highest BCUT2D eigenvalue weighted by molar-refractivity contribution is 6.06. The molecule has 3 aromatic rings. The number of hydrogen-bond donors (Lipinski definition) is 0. The number of ether oxygens (including phenoxy) is 2. The smallest absolute Gasteiger partial charge is 0.236 e. The average Bonchev–Trinajstić information content (AvgIpc) is 2.86. The Morgan fingerprint density at radius 3 is 2.00 bits per heavy atom. The number of carbonyl (C=O) groups excluding carboxylic acids is 1. The van der Waals surface area contributed by atoms with Crippen LogP contribution in [0.25, 0.3) is 0 Å². The van der Waals surface area contributed by atoms with Gasteiger partial charge in [-0.2, -0.15) is 0 Å². The molecule has 0 aromatic heterocycles. The van der Waals surface area contributed by atoms with Gasteiger partial charge in [-0.05, 0) is 73.2 Å². The van der Waals surface area contributed by atoms with Crippen molar-refractivity contribution in [2.24, 2.45) is 5.41 Å². The van der Waals surface area contributed by atoms with E-state index < -0.39 is 5.41 Å². The van der Waals surface area contributed by atoms with Gasteiger partial charge >= 0.3 is 0 Å². The molecule has 4 nitrogen and oxygen atoms in total. The van der Waals surface area contributed by atoms with Gasteiger partial charge in [0, 0.05) is 5.69 Å². The predicted molar refractivity (Wildman–Crippen MR) is 128 cm³/mol. The van der Waals surface area contributed by atoms with E-state index in [4.69, 9.17) is 9.47 Å². The van der Waals surface area contributed by atoms with Gasteiger partial charge in [-0.15, -0.1) is 0 Å². The highest BCUT2D eigenvalue weighted by atomic mass is 16.5. The molecule has 166 valence electrons. The van der Waals surface area contributed by atoms with Crippen LogP contribution in [0.1, 0.15) is 43.4 Å². The fraction of sp³-hybridized carbons (Fsp3) is 0.321. The van der Waals surface area contributed by atoms with Gasteiger partial charge in [0.1, 0.15) is 11.5 Å². The van der Waals surface area contributed by atoms with Crippen LogP contribution in [0.2, 0.25) is 0 Å². The average molecular weight is 430 g/mol. The summed E-state index contributed by atoms with van der Waals surface area (Å²) in [4.78, 5) is 15.6. The molecule has 4 heteroatoms. The first-order chi connectivity index (χ1) is 15.6. The number of carbonyl (C=O) groups is 1. The first kappa shape index (κ1) is 21.9. The van der Waals surface area contributed by atoms with Crippen molar-refractivity contribution in [2.75, 3.05) is 19.1 Å². The lowest BCUT2D eigenvalue weighted by atomic mass is 9.63. The lowest BCUT2D eigenvalue weighted by Crippen LogP contribution is -2.63. The summed E-state index contributed by atoms with van der Waals surface area (Å²) in [6.45, 7) is 2.14. The van der Waals surface area contributed by atoms with Gasteiger partial charge in [0.2, 0.25) is 5.91 Å². The van der Waals surface area contributed by atoms with Crippen molar-refractivity contribution in [1.82, 2.24) is 0 Å². The molecule has 4 rings (SSSR count). The zero-order chi connectivity index (χ0) is 22.6. The summed E-state index contributed by atoms with van der Waals surface area (Å²) in [6.07, 6.45) is 3.63. The van der Waals surface area contributed by atoms with E-state index in [1.165, 1.54) is 5.56 Å². The molecular formula is C28H31NO3. The summed E-state index contributed by atoms with van der Waals surface area (Å²) in [6, 6.07) is 26.4. The minimum atomic E-state index is -0.400. The second-order valence-corrected chi connectivity index (χ2v) is 8.40. The molecule has 0 N–H and O–H groups in total. The van der Waals surface area contributed by atoms with Crippen molar-refractivity contribution < 1.29 is 14.3 Å². The van der Waals surface area contributed by atoms with Crippen molar-refractivity contribution in [3.8, 4) is 11.5 Å². The van der Waals surface area contributed by atoms with E-state index in [-0.39, 0.29) is 11.9 Å². The first-order valence-electron chi connectivity index (χ1n) is 11.3. The van der Waals surface area contributed by atoms with Crippen LogP contribution < -0.4 is 14.4 Å². The van der Waals surface area contributed by atoms with Crippen LogP contribution in [0.5, 0.6) is 11.5 Å². The van der Waals surface area contributed by atoms with E-state index in [1.54, 1.807) is 14.2 Å². The largest absolute Gasteiger partial charge is 0.497 e. The van der Waals surface area contributed by atoms with Crippen LogP contribution in [0.15, 0.2) is 78.9 Å². The van der Waals surface area contributed by atoms with Gasteiger partial charge < -0.3 is 14.4 Å². The minimum Gasteiger partial charge on any atom is -0.497 e. The van der Waals surface area contributed by atoms with Gasteiger partial charge in [-0.1, -0.05) is 49.4 Å². The van der Waals surface area contributed by atoms with Crippen LogP contribution in [-0.2, 0) is 11.2 Å². The number of methoxy groups -OCH3 is 2. The van der Waals surface area contributed by atoms with Gasteiger partial charge in [0.15, 0.2) is 0 Å². The van der Waals surface area contributed by atoms with Crippen molar-refractivity contribution in [3.63, 3.8) is 0 Å². The number of hydrogen-bond acceptors (Lipinski definition) is 3. The molecule has 1 heterocycles. The first-order valence-corrected chi connectivity index (χ1v) is 11.3. The molecule has 0 bridgehead atoms. The molecule has 0 saturated carbocycles. The summed E-state index contributed by atoms with van der Waals surface area (Å²) in [5.41, 5.74) is 2.97. The van der Waals surface area contributed by atoms with Crippen LogP contribution in [0.3, 0.4) is 0 Å². The zero-order valence-electron chi connectivity index (χ0n) is 19.1. The van der Waals surface area contributed by atoms with Crippen LogP contribution >= 0.6 is 0 Å². The molecule has 1 aliphatic heterocycles. The maximum Gasteiger partial charge on any atom is 0.236 e. The molecule has 0 spiro atoms. The Morgan fingerprint density at radius 2 is 1.44 bits per heavy atom. The molecule has 0 unspecified atom stereocenters. The Morgan fingerprint density at radius 1 is 0.844 bits per heavy atom. The molecule has 0 aliphatic carbocycles. The maximum absolute atomic E-state index is 13.7. The van der Waals surface area contributed by atoms with Gasteiger partial charge in [0.25, 0.3) is 0 Å². The summed E-state index contributed by atoms with van der Waals surface area (Å²) in [7, 11) is 3.32. The number of amides is 1. The second-order valence-electron chi connectivity index (χ2n) is 8.40. The van der Waals surface area contributed by atoms with Gasteiger partial charge in [0.05, 0.1) is 25.7 Å². The van der Waals surface area contributed by atoms with Crippen molar-refractivity contribution in [2.45, 2.75) is 38.6 Å².